The van der Waals surface area contributed by atoms with E-state index >= 15 is 0 Å². The molecule has 0 fully saturated rings. The number of aliphatic hydroxyl groups is 1. The Balaban J connectivity index is 2.53. The fraction of sp³-hybridized carbons (Fsp3) is 0.750. The SMILES string of the molecule is CCC(CC)C(O)Cc1cnn(CC)c1. The van der Waals surface area contributed by atoms with Gasteiger partial charge in [0.2, 0.25) is 0 Å². The minimum atomic E-state index is -0.227. The highest BCUT2D eigenvalue weighted by molar-refractivity contribution is 5.05. The van der Waals surface area contributed by atoms with Crippen molar-refractivity contribution < 1.29 is 5.11 Å². The van der Waals surface area contributed by atoms with E-state index in [1.54, 1.807) is 0 Å². The summed E-state index contributed by atoms with van der Waals surface area (Å²) < 4.78 is 1.90. The van der Waals surface area contributed by atoms with Gasteiger partial charge in [-0.25, -0.2) is 0 Å². The third kappa shape index (κ3) is 3.34. The molecule has 0 aliphatic heterocycles. The van der Waals surface area contributed by atoms with Gasteiger partial charge in [-0.15, -0.1) is 0 Å². The fourth-order valence-electron chi connectivity index (χ4n) is 1.93. The summed E-state index contributed by atoms with van der Waals surface area (Å²) in [6.45, 7) is 7.22. The normalized spacial score (nSPS) is 13.4. The van der Waals surface area contributed by atoms with Crippen molar-refractivity contribution in [1.29, 1.82) is 0 Å². The molecule has 0 radical (unpaired) electrons. The number of rotatable bonds is 6. The minimum Gasteiger partial charge on any atom is -0.392 e. The smallest absolute Gasteiger partial charge is 0.0609 e. The maximum absolute atomic E-state index is 10.0. The van der Waals surface area contributed by atoms with Crippen LogP contribution in [0.5, 0.6) is 0 Å². The largest absolute Gasteiger partial charge is 0.392 e. The first-order chi connectivity index (χ1) is 7.21. The number of hydrogen-bond donors (Lipinski definition) is 1. The predicted octanol–water partition coefficient (Wildman–Crippen LogP) is 2.24. The summed E-state index contributed by atoms with van der Waals surface area (Å²) in [4.78, 5) is 0. The summed E-state index contributed by atoms with van der Waals surface area (Å²) in [7, 11) is 0. The van der Waals surface area contributed by atoms with Crippen LogP contribution in [0.4, 0.5) is 0 Å². The Bertz CT molecular complexity index is 279. The van der Waals surface area contributed by atoms with Crippen molar-refractivity contribution in [3.8, 4) is 0 Å². The zero-order chi connectivity index (χ0) is 11.3. The molecular formula is C12H22N2O. The Morgan fingerprint density at radius 2 is 2.00 bits per heavy atom. The third-order valence-electron chi connectivity index (χ3n) is 3.05. The van der Waals surface area contributed by atoms with E-state index in [9.17, 15) is 5.11 Å². The van der Waals surface area contributed by atoms with Crippen LogP contribution < -0.4 is 0 Å². The van der Waals surface area contributed by atoms with Gasteiger partial charge in [0.15, 0.2) is 0 Å². The maximum Gasteiger partial charge on any atom is 0.0609 e. The molecule has 1 aromatic heterocycles. The van der Waals surface area contributed by atoms with Gasteiger partial charge in [-0.1, -0.05) is 26.7 Å². The Hall–Kier alpha value is -0.830. The molecule has 1 atom stereocenters. The lowest BCUT2D eigenvalue weighted by atomic mass is 9.93. The Kier molecular flexibility index (Phi) is 4.82. The molecule has 1 heterocycles. The van der Waals surface area contributed by atoms with E-state index in [1.807, 2.05) is 17.1 Å². The van der Waals surface area contributed by atoms with Crippen LogP contribution in [0.1, 0.15) is 39.2 Å². The second-order valence-corrected chi connectivity index (χ2v) is 4.05. The number of aliphatic hydroxyl groups excluding tert-OH is 1. The number of nitrogens with zero attached hydrogens (tertiary/aromatic N) is 2. The second kappa shape index (κ2) is 5.91. The molecule has 0 aliphatic carbocycles. The van der Waals surface area contributed by atoms with E-state index < -0.39 is 0 Å². The van der Waals surface area contributed by atoms with Crippen molar-refractivity contribution in [1.82, 2.24) is 9.78 Å². The molecule has 0 bridgehead atoms. The van der Waals surface area contributed by atoms with Crippen LogP contribution in [0.3, 0.4) is 0 Å². The van der Waals surface area contributed by atoms with E-state index in [0.717, 1.165) is 31.4 Å². The average molecular weight is 210 g/mol. The van der Waals surface area contributed by atoms with Crippen LogP contribution in [-0.2, 0) is 13.0 Å². The highest BCUT2D eigenvalue weighted by Gasteiger charge is 2.16. The molecule has 0 aromatic carbocycles. The Morgan fingerprint density at radius 1 is 1.33 bits per heavy atom. The van der Waals surface area contributed by atoms with Crippen LogP contribution >= 0.6 is 0 Å². The van der Waals surface area contributed by atoms with Gasteiger partial charge in [-0.2, -0.15) is 5.10 Å². The quantitative estimate of drug-likeness (QED) is 0.782. The molecule has 1 aromatic rings. The third-order valence-corrected chi connectivity index (χ3v) is 3.05. The number of hydrogen-bond acceptors (Lipinski definition) is 2. The first-order valence-electron chi connectivity index (χ1n) is 5.90. The molecule has 0 aliphatic rings. The zero-order valence-corrected chi connectivity index (χ0v) is 9.98. The average Bonchev–Trinajstić information content (AvgIpc) is 2.67. The van der Waals surface area contributed by atoms with E-state index in [1.165, 1.54) is 0 Å². The summed E-state index contributed by atoms with van der Waals surface area (Å²) in [5, 5.41) is 14.2. The van der Waals surface area contributed by atoms with Gasteiger partial charge >= 0.3 is 0 Å². The molecule has 1 rings (SSSR count). The van der Waals surface area contributed by atoms with Crippen molar-refractivity contribution in [2.45, 2.75) is 52.7 Å². The monoisotopic (exact) mass is 210 g/mol. The maximum atomic E-state index is 10.0. The molecular weight excluding hydrogens is 188 g/mol. The van der Waals surface area contributed by atoms with Gasteiger partial charge in [0.25, 0.3) is 0 Å². The Morgan fingerprint density at radius 3 is 2.47 bits per heavy atom. The molecule has 1 N–H and O–H groups in total. The van der Waals surface area contributed by atoms with Crippen LogP contribution in [0.15, 0.2) is 12.4 Å². The van der Waals surface area contributed by atoms with Gasteiger partial charge in [-0.3, -0.25) is 4.68 Å². The van der Waals surface area contributed by atoms with Crippen LogP contribution in [0, 0.1) is 5.92 Å². The van der Waals surface area contributed by atoms with Crippen LogP contribution in [0.25, 0.3) is 0 Å². The molecule has 86 valence electrons. The van der Waals surface area contributed by atoms with E-state index in [-0.39, 0.29) is 6.10 Å². The predicted molar refractivity (Wildman–Crippen MR) is 61.7 cm³/mol. The van der Waals surface area contributed by atoms with Crippen molar-refractivity contribution in [3.05, 3.63) is 18.0 Å². The number of aromatic nitrogens is 2. The molecule has 0 saturated heterocycles. The van der Waals surface area contributed by atoms with Crippen molar-refractivity contribution in [2.24, 2.45) is 5.92 Å². The summed E-state index contributed by atoms with van der Waals surface area (Å²) in [5.74, 6) is 0.412. The number of aryl methyl sites for hydroxylation is 1. The lowest BCUT2D eigenvalue weighted by Gasteiger charge is -2.19. The molecule has 0 spiro atoms. The summed E-state index contributed by atoms with van der Waals surface area (Å²) >= 11 is 0. The molecule has 3 nitrogen and oxygen atoms in total. The lowest BCUT2D eigenvalue weighted by Crippen LogP contribution is -2.21. The van der Waals surface area contributed by atoms with Gasteiger partial charge in [0.1, 0.15) is 0 Å². The van der Waals surface area contributed by atoms with Crippen LogP contribution in [0.2, 0.25) is 0 Å². The molecule has 0 amide bonds. The summed E-state index contributed by atoms with van der Waals surface area (Å²) in [5.41, 5.74) is 1.14. The van der Waals surface area contributed by atoms with Crippen molar-refractivity contribution in [2.75, 3.05) is 0 Å². The molecule has 3 heteroatoms. The van der Waals surface area contributed by atoms with Gasteiger partial charge in [0, 0.05) is 19.2 Å². The lowest BCUT2D eigenvalue weighted by molar-refractivity contribution is 0.103. The summed E-state index contributed by atoms with van der Waals surface area (Å²) in [6.07, 6.45) is 6.46. The molecule has 1 unspecified atom stereocenters. The first kappa shape index (κ1) is 12.2. The second-order valence-electron chi connectivity index (χ2n) is 4.05. The van der Waals surface area contributed by atoms with Gasteiger partial charge in [-0.05, 0) is 18.4 Å². The Labute approximate surface area is 92.1 Å². The van der Waals surface area contributed by atoms with E-state index in [2.05, 4.69) is 25.9 Å². The highest BCUT2D eigenvalue weighted by Crippen LogP contribution is 2.16. The first-order valence-corrected chi connectivity index (χ1v) is 5.90. The summed E-state index contributed by atoms with van der Waals surface area (Å²) in [6, 6.07) is 0. The minimum absolute atomic E-state index is 0.227. The van der Waals surface area contributed by atoms with Crippen molar-refractivity contribution in [3.63, 3.8) is 0 Å². The van der Waals surface area contributed by atoms with Gasteiger partial charge in [0.05, 0.1) is 12.3 Å². The topological polar surface area (TPSA) is 38.1 Å². The van der Waals surface area contributed by atoms with E-state index in [0.29, 0.717) is 5.92 Å². The van der Waals surface area contributed by atoms with Gasteiger partial charge < -0.3 is 5.11 Å². The molecule has 0 saturated carbocycles. The standard InChI is InChI=1S/C12H22N2O/c1-4-11(5-2)12(15)7-10-8-13-14(6-3)9-10/h8-9,11-12,15H,4-7H2,1-3H3. The molecule has 15 heavy (non-hydrogen) atoms. The zero-order valence-electron chi connectivity index (χ0n) is 9.98. The fourth-order valence-corrected chi connectivity index (χ4v) is 1.93. The van der Waals surface area contributed by atoms with Crippen LogP contribution in [-0.4, -0.2) is 21.0 Å². The highest BCUT2D eigenvalue weighted by atomic mass is 16.3. The van der Waals surface area contributed by atoms with E-state index in [4.69, 9.17) is 0 Å². The van der Waals surface area contributed by atoms with Crippen molar-refractivity contribution >= 4 is 0 Å².